The molecule has 3 heteroatoms. The van der Waals surface area contributed by atoms with E-state index < -0.39 is 0 Å². The molecule has 0 radical (unpaired) electrons. The molecule has 0 bridgehead atoms. The van der Waals surface area contributed by atoms with Crippen molar-refractivity contribution in [3.05, 3.63) is 0 Å². The summed E-state index contributed by atoms with van der Waals surface area (Å²) in [6, 6.07) is 0.546. The zero-order valence-corrected chi connectivity index (χ0v) is 12.3. The first-order valence-electron chi connectivity index (χ1n) is 7.58. The van der Waals surface area contributed by atoms with Crippen molar-refractivity contribution >= 4 is 5.91 Å². The van der Waals surface area contributed by atoms with Crippen LogP contribution in [0.5, 0.6) is 0 Å². The molecule has 1 heterocycles. The minimum atomic E-state index is 0.0675. The lowest BCUT2D eigenvalue weighted by atomic mass is 9.93. The molecule has 18 heavy (non-hydrogen) atoms. The third-order valence-corrected chi connectivity index (χ3v) is 4.90. The first-order chi connectivity index (χ1) is 8.54. The molecule has 0 aromatic carbocycles. The summed E-state index contributed by atoms with van der Waals surface area (Å²) >= 11 is 0. The highest BCUT2D eigenvalue weighted by Crippen LogP contribution is 2.37. The molecule has 1 saturated heterocycles. The van der Waals surface area contributed by atoms with Crippen molar-refractivity contribution in [2.45, 2.75) is 65.5 Å². The van der Waals surface area contributed by atoms with Crippen LogP contribution in [-0.4, -0.2) is 29.6 Å². The van der Waals surface area contributed by atoms with Crippen molar-refractivity contribution in [2.24, 2.45) is 17.8 Å². The molecule has 4 unspecified atom stereocenters. The van der Waals surface area contributed by atoms with Gasteiger partial charge in [-0.15, -0.1) is 0 Å². The lowest BCUT2D eigenvalue weighted by Crippen LogP contribution is -2.41. The van der Waals surface area contributed by atoms with Crippen LogP contribution in [0.15, 0.2) is 0 Å². The molecule has 4 atom stereocenters. The lowest BCUT2D eigenvalue weighted by Gasteiger charge is -2.29. The Hall–Kier alpha value is -0.570. The van der Waals surface area contributed by atoms with Crippen molar-refractivity contribution in [1.29, 1.82) is 0 Å². The summed E-state index contributed by atoms with van der Waals surface area (Å²) in [4.78, 5) is 14.6. The third kappa shape index (κ3) is 2.56. The van der Waals surface area contributed by atoms with Gasteiger partial charge in [0.1, 0.15) is 0 Å². The number of rotatable bonds is 4. The van der Waals surface area contributed by atoms with Crippen molar-refractivity contribution < 1.29 is 4.79 Å². The van der Waals surface area contributed by atoms with Crippen molar-refractivity contribution in [3.63, 3.8) is 0 Å². The second-order valence-corrected chi connectivity index (χ2v) is 6.52. The lowest BCUT2D eigenvalue weighted by molar-refractivity contribution is -0.131. The van der Waals surface area contributed by atoms with Gasteiger partial charge in [0.05, 0.1) is 12.7 Å². The largest absolute Gasteiger partial charge is 0.325 e. The number of hydrogen-bond donors (Lipinski definition) is 1. The predicted octanol–water partition coefficient (Wildman–Crippen LogP) is 2.62. The van der Waals surface area contributed by atoms with E-state index >= 15 is 0 Å². The zero-order valence-electron chi connectivity index (χ0n) is 12.3. The summed E-state index contributed by atoms with van der Waals surface area (Å²) in [5, 5.41) is 3.39. The van der Waals surface area contributed by atoms with E-state index in [0.29, 0.717) is 23.8 Å². The molecule has 1 aliphatic heterocycles. The van der Waals surface area contributed by atoms with Gasteiger partial charge < -0.3 is 4.90 Å². The highest BCUT2D eigenvalue weighted by atomic mass is 16.2. The highest BCUT2D eigenvalue weighted by Gasteiger charge is 2.42. The number of carbonyl (C=O) groups excluding carboxylic acids is 1. The number of nitrogens with zero attached hydrogens (tertiary/aromatic N) is 1. The Morgan fingerprint density at radius 1 is 1.39 bits per heavy atom. The van der Waals surface area contributed by atoms with E-state index in [2.05, 4.69) is 37.9 Å². The first-order valence-corrected chi connectivity index (χ1v) is 7.58. The van der Waals surface area contributed by atoms with Gasteiger partial charge in [0, 0.05) is 6.04 Å². The fourth-order valence-electron chi connectivity index (χ4n) is 3.75. The molecule has 3 nitrogen and oxygen atoms in total. The van der Waals surface area contributed by atoms with Crippen LogP contribution in [0.4, 0.5) is 0 Å². The number of carbonyl (C=O) groups is 1. The molecule has 1 aliphatic carbocycles. The second-order valence-electron chi connectivity index (χ2n) is 6.52. The Balaban J connectivity index is 1.97. The summed E-state index contributed by atoms with van der Waals surface area (Å²) in [6.07, 6.45) is 4.71. The van der Waals surface area contributed by atoms with E-state index in [1.165, 1.54) is 19.3 Å². The average molecular weight is 252 g/mol. The molecule has 2 aliphatic rings. The topological polar surface area (TPSA) is 32.3 Å². The predicted molar refractivity (Wildman–Crippen MR) is 74.1 cm³/mol. The minimum absolute atomic E-state index is 0.0675. The third-order valence-electron chi connectivity index (χ3n) is 4.90. The van der Waals surface area contributed by atoms with Crippen LogP contribution in [-0.2, 0) is 4.79 Å². The van der Waals surface area contributed by atoms with Crippen LogP contribution in [0, 0.1) is 17.8 Å². The quantitative estimate of drug-likeness (QED) is 0.834. The number of hydrogen-bond acceptors (Lipinski definition) is 2. The molecule has 0 aromatic heterocycles. The van der Waals surface area contributed by atoms with E-state index in [4.69, 9.17) is 0 Å². The van der Waals surface area contributed by atoms with E-state index in [9.17, 15) is 4.79 Å². The molecule has 0 aromatic rings. The molecular weight excluding hydrogens is 224 g/mol. The molecule has 1 saturated carbocycles. The van der Waals surface area contributed by atoms with Crippen LogP contribution < -0.4 is 5.32 Å². The molecule has 2 rings (SSSR count). The minimum Gasteiger partial charge on any atom is -0.325 e. The summed E-state index contributed by atoms with van der Waals surface area (Å²) in [6.45, 7) is 9.73. The second kappa shape index (κ2) is 5.60. The maximum atomic E-state index is 12.4. The van der Waals surface area contributed by atoms with Gasteiger partial charge in [-0.1, -0.05) is 34.1 Å². The van der Waals surface area contributed by atoms with E-state index in [-0.39, 0.29) is 6.04 Å². The fraction of sp³-hybridized carbons (Fsp3) is 0.933. The Kier molecular flexibility index (Phi) is 4.31. The molecular formula is C15H28N2O. The molecule has 104 valence electrons. The standard InChI is InChI=1S/C15H28N2O/c1-5-12-6-7-14(11(12)4)17-9-16-13(15(17)18)8-10(2)3/h10-14,16H,5-9H2,1-4H3. The Bertz CT molecular complexity index is 303. The molecule has 1 N–H and O–H groups in total. The van der Waals surface area contributed by atoms with E-state index in [1.807, 2.05) is 0 Å². The van der Waals surface area contributed by atoms with Crippen LogP contribution in [0.1, 0.15) is 53.4 Å². The van der Waals surface area contributed by atoms with Gasteiger partial charge in [0.25, 0.3) is 0 Å². The van der Waals surface area contributed by atoms with Crippen LogP contribution in [0.3, 0.4) is 0 Å². The summed E-state index contributed by atoms with van der Waals surface area (Å²) < 4.78 is 0. The molecule has 2 fully saturated rings. The van der Waals surface area contributed by atoms with Gasteiger partial charge in [-0.25, -0.2) is 0 Å². The number of nitrogens with one attached hydrogen (secondary N) is 1. The van der Waals surface area contributed by atoms with Crippen LogP contribution in [0.2, 0.25) is 0 Å². The maximum Gasteiger partial charge on any atom is 0.241 e. The summed E-state index contributed by atoms with van der Waals surface area (Å²) in [5.41, 5.74) is 0. The van der Waals surface area contributed by atoms with Crippen LogP contribution in [0.25, 0.3) is 0 Å². The fourth-order valence-corrected chi connectivity index (χ4v) is 3.75. The van der Waals surface area contributed by atoms with Crippen molar-refractivity contribution in [1.82, 2.24) is 10.2 Å². The Labute approximate surface area is 111 Å². The van der Waals surface area contributed by atoms with Crippen LogP contribution >= 0.6 is 0 Å². The average Bonchev–Trinajstić information content (AvgIpc) is 2.83. The van der Waals surface area contributed by atoms with Gasteiger partial charge in [-0.3, -0.25) is 10.1 Å². The normalized spacial score (nSPS) is 36.9. The number of amides is 1. The monoisotopic (exact) mass is 252 g/mol. The van der Waals surface area contributed by atoms with Gasteiger partial charge in [-0.05, 0) is 37.0 Å². The Morgan fingerprint density at radius 2 is 2.11 bits per heavy atom. The van der Waals surface area contributed by atoms with Gasteiger partial charge in [0.15, 0.2) is 0 Å². The van der Waals surface area contributed by atoms with Gasteiger partial charge in [-0.2, -0.15) is 0 Å². The summed E-state index contributed by atoms with van der Waals surface area (Å²) in [5.74, 6) is 2.40. The summed E-state index contributed by atoms with van der Waals surface area (Å²) in [7, 11) is 0. The molecule has 0 spiro atoms. The zero-order chi connectivity index (χ0) is 13.3. The Morgan fingerprint density at radius 3 is 2.67 bits per heavy atom. The van der Waals surface area contributed by atoms with E-state index in [1.54, 1.807) is 0 Å². The first kappa shape index (κ1) is 13.9. The SMILES string of the molecule is CCC1CCC(N2CNC(CC(C)C)C2=O)C1C. The van der Waals surface area contributed by atoms with Crippen molar-refractivity contribution in [3.8, 4) is 0 Å². The highest BCUT2D eigenvalue weighted by molar-refractivity contribution is 5.84. The van der Waals surface area contributed by atoms with Gasteiger partial charge in [0.2, 0.25) is 5.91 Å². The van der Waals surface area contributed by atoms with E-state index in [0.717, 1.165) is 19.0 Å². The maximum absolute atomic E-state index is 12.4. The smallest absolute Gasteiger partial charge is 0.241 e. The van der Waals surface area contributed by atoms with Gasteiger partial charge >= 0.3 is 0 Å². The molecule has 1 amide bonds. The van der Waals surface area contributed by atoms with Crippen molar-refractivity contribution in [2.75, 3.05) is 6.67 Å².